The number of furan rings is 1. The molecule has 9 heteroatoms. The van der Waals surface area contributed by atoms with Crippen molar-refractivity contribution in [3.05, 3.63) is 61.6 Å². The van der Waals surface area contributed by atoms with Crippen LogP contribution in [0.1, 0.15) is 0 Å². The number of anilines is 1. The van der Waals surface area contributed by atoms with E-state index in [9.17, 15) is 0 Å². The first-order valence-corrected chi connectivity index (χ1v) is 9.19. The van der Waals surface area contributed by atoms with Gasteiger partial charge in [0.1, 0.15) is 16.9 Å². The normalized spacial score (nSPS) is 11.5. The first kappa shape index (κ1) is 16.4. The Morgan fingerprint density at radius 2 is 1.90 bits per heavy atom. The lowest BCUT2D eigenvalue weighted by Crippen LogP contribution is -1.89. The van der Waals surface area contributed by atoms with Crippen LogP contribution in [0, 0.1) is 0 Å². The molecular weight excluding hydrogens is 380 g/mol. The van der Waals surface area contributed by atoms with Gasteiger partial charge in [-0.1, -0.05) is 0 Å². The van der Waals surface area contributed by atoms with E-state index in [0.29, 0.717) is 17.2 Å². The number of aromatic nitrogens is 7. The van der Waals surface area contributed by atoms with Crippen molar-refractivity contribution in [2.45, 2.75) is 0 Å². The first-order valence-electron chi connectivity index (χ1n) is 9.19. The maximum atomic E-state index is 5.88. The number of nitrogens with two attached hydrogens (primary N) is 1. The largest absolute Gasteiger partial charge is 0.472 e. The van der Waals surface area contributed by atoms with E-state index in [-0.39, 0.29) is 0 Å². The third-order valence-electron chi connectivity index (χ3n) is 4.93. The van der Waals surface area contributed by atoms with Crippen molar-refractivity contribution in [1.29, 1.82) is 0 Å². The van der Waals surface area contributed by atoms with Crippen LogP contribution in [0.15, 0.2) is 66.0 Å². The van der Waals surface area contributed by atoms with Crippen LogP contribution >= 0.6 is 0 Å². The van der Waals surface area contributed by atoms with E-state index in [1.54, 1.807) is 37.3 Å². The summed E-state index contributed by atoms with van der Waals surface area (Å²) < 4.78 is 5.20. The molecule has 0 amide bonds. The van der Waals surface area contributed by atoms with Crippen LogP contribution in [-0.2, 0) is 0 Å². The second-order valence-electron chi connectivity index (χ2n) is 6.85. The predicted octanol–water partition coefficient (Wildman–Crippen LogP) is 3.80. The molecule has 6 aromatic rings. The molecule has 0 fully saturated rings. The van der Waals surface area contributed by atoms with Crippen LogP contribution in [0.4, 0.5) is 5.69 Å². The fraction of sp³-hybridized carbons (Fsp3) is 0. The van der Waals surface area contributed by atoms with E-state index in [2.05, 4.69) is 30.1 Å². The standard InChI is InChI=1S/C21H14N8O/c22-14-5-12(7-23-9-14)13-6-15-18(28-29-20(15)25-8-13)21-26-16-1-3-24-17(19(16)27-21)11-2-4-30-10-11/h1-10H,22H2,(H,26,27)(H,25,28,29). The summed E-state index contributed by atoms with van der Waals surface area (Å²) in [6.07, 6.45) is 10.1. The van der Waals surface area contributed by atoms with Gasteiger partial charge in [0.05, 0.1) is 29.1 Å². The lowest BCUT2D eigenvalue weighted by Gasteiger charge is -2.02. The highest BCUT2D eigenvalue weighted by atomic mass is 16.3. The molecule has 4 N–H and O–H groups in total. The Kier molecular flexibility index (Phi) is 3.42. The Morgan fingerprint density at radius 1 is 0.967 bits per heavy atom. The maximum Gasteiger partial charge on any atom is 0.181 e. The Balaban J connectivity index is 1.52. The summed E-state index contributed by atoms with van der Waals surface area (Å²) in [5.74, 6) is 0.648. The van der Waals surface area contributed by atoms with Crippen molar-refractivity contribution in [1.82, 2.24) is 35.1 Å². The molecule has 0 bridgehead atoms. The topological polar surface area (TPSA) is 135 Å². The van der Waals surface area contributed by atoms with Gasteiger partial charge in [-0.2, -0.15) is 5.10 Å². The Labute approximate surface area is 169 Å². The van der Waals surface area contributed by atoms with E-state index in [1.165, 1.54) is 0 Å². The fourth-order valence-corrected chi connectivity index (χ4v) is 3.52. The average Bonchev–Trinajstić information content (AvgIpc) is 3.51. The minimum atomic E-state index is 0.594. The van der Waals surface area contributed by atoms with Gasteiger partial charge in [0.2, 0.25) is 0 Å². The molecule has 0 unspecified atom stereocenters. The average molecular weight is 394 g/mol. The molecule has 6 heterocycles. The zero-order valence-electron chi connectivity index (χ0n) is 15.5. The second kappa shape index (κ2) is 6.24. The van der Waals surface area contributed by atoms with Crippen LogP contribution in [-0.4, -0.2) is 35.1 Å². The van der Waals surface area contributed by atoms with Crippen molar-refractivity contribution < 1.29 is 4.42 Å². The smallest absolute Gasteiger partial charge is 0.181 e. The molecule has 30 heavy (non-hydrogen) atoms. The molecule has 0 saturated heterocycles. The number of fused-ring (bicyclic) bond motifs is 2. The Morgan fingerprint density at radius 3 is 2.77 bits per heavy atom. The van der Waals surface area contributed by atoms with Gasteiger partial charge in [-0.05, 0) is 24.3 Å². The summed E-state index contributed by atoms with van der Waals surface area (Å²) in [5, 5.41) is 8.21. The third kappa shape index (κ3) is 2.53. The SMILES string of the molecule is Nc1cncc(-c2cnc3n[nH]c(-c4nc5c(-c6ccoc6)nccc5[nH]4)c3c2)c1. The summed E-state index contributed by atoms with van der Waals surface area (Å²) in [5.41, 5.74) is 12.8. The molecule has 0 aliphatic heterocycles. The van der Waals surface area contributed by atoms with Crippen LogP contribution < -0.4 is 5.73 Å². The number of nitrogens with zero attached hydrogens (tertiary/aromatic N) is 5. The van der Waals surface area contributed by atoms with Crippen LogP contribution in [0.3, 0.4) is 0 Å². The summed E-state index contributed by atoms with van der Waals surface area (Å²) in [7, 11) is 0. The van der Waals surface area contributed by atoms with Crippen LogP contribution in [0.25, 0.3) is 56.0 Å². The fourth-order valence-electron chi connectivity index (χ4n) is 3.52. The maximum absolute atomic E-state index is 5.88. The predicted molar refractivity (Wildman–Crippen MR) is 112 cm³/mol. The number of imidazole rings is 1. The van der Waals surface area contributed by atoms with E-state index in [0.717, 1.165) is 44.5 Å². The van der Waals surface area contributed by atoms with E-state index in [4.69, 9.17) is 15.1 Å². The van der Waals surface area contributed by atoms with Crippen molar-refractivity contribution >= 4 is 27.8 Å². The number of hydrogen-bond donors (Lipinski definition) is 3. The number of aromatic amines is 2. The molecule has 0 aromatic carbocycles. The molecule has 0 spiro atoms. The molecule has 6 aromatic heterocycles. The highest BCUT2D eigenvalue weighted by Crippen LogP contribution is 2.31. The third-order valence-corrected chi connectivity index (χ3v) is 4.93. The highest BCUT2D eigenvalue weighted by Gasteiger charge is 2.17. The highest BCUT2D eigenvalue weighted by molar-refractivity contribution is 5.96. The minimum absolute atomic E-state index is 0.594. The monoisotopic (exact) mass is 394 g/mol. The van der Waals surface area contributed by atoms with Crippen LogP contribution in [0.5, 0.6) is 0 Å². The van der Waals surface area contributed by atoms with E-state index >= 15 is 0 Å². The molecule has 0 radical (unpaired) electrons. The van der Waals surface area contributed by atoms with Gasteiger partial charge in [0.15, 0.2) is 11.5 Å². The zero-order valence-corrected chi connectivity index (χ0v) is 15.5. The number of nitrogens with one attached hydrogen (secondary N) is 2. The Hall–Kier alpha value is -4.53. The number of pyridine rings is 3. The van der Waals surface area contributed by atoms with Crippen LogP contribution in [0.2, 0.25) is 0 Å². The van der Waals surface area contributed by atoms with Crippen molar-refractivity contribution in [2.24, 2.45) is 0 Å². The Bertz CT molecular complexity index is 1510. The number of rotatable bonds is 3. The summed E-state index contributed by atoms with van der Waals surface area (Å²) in [6, 6.07) is 7.60. The number of nitrogen functional groups attached to an aromatic ring is 1. The molecule has 0 aliphatic carbocycles. The number of hydrogen-bond acceptors (Lipinski definition) is 7. The van der Waals surface area contributed by atoms with Gasteiger partial charge in [-0.3, -0.25) is 15.1 Å². The lowest BCUT2D eigenvalue weighted by molar-refractivity contribution is 0.568. The van der Waals surface area contributed by atoms with Gasteiger partial charge in [-0.15, -0.1) is 0 Å². The molecule has 0 aliphatic rings. The molecule has 9 nitrogen and oxygen atoms in total. The minimum Gasteiger partial charge on any atom is -0.472 e. The molecule has 144 valence electrons. The zero-order chi connectivity index (χ0) is 20.1. The van der Waals surface area contributed by atoms with Gasteiger partial charge in [0.25, 0.3) is 0 Å². The molecule has 0 saturated carbocycles. The van der Waals surface area contributed by atoms with Gasteiger partial charge in [-0.25, -0.2) is 9.97 Å². The van der Waals surface area contributed by atoms with E-state index in [1.807, 2.05) is 24.3 Å². The quantitative estimate of drug-likeness (QED) is 0.415. The summed E-state index contributed by atoms with van der Waals surface area (Å²) >= 11 is 0. The second-order valence-corrected chi connectivity index (χ2v) is 6.85. The van der Waals surface area contributed by atoms with Gasteiger partial charge >= 0.3 is 0 Å². The molecule has 0 atom stereocenters. The van der Waals surface area contributed by atoms with Gasteiger partial charge < -0.3 is 15.1 Å². The molecule has 6 rings (SSSR count). The van der Waals surface area contributed by atoms with E-state index < -0.39 is 0 Å². The number of H-pyrrole nitrogens is 2. The summed E-state index contributed by atoms with van der Waals surface area (Å²) in [4.78, 5) is 21.2. The molecular formula is C21H14N8O. The van der Waals surface area contributed by atoms with Crippen molar-refractivity contribution in [3.63, 3.8) is 0 Å². The summed E-state index contributed by atoms with van der Waals surface area (Å²) in [6.45, 7) is 0. The van der Waals surface area contributed by atoms with Crippen molar-refractivity contribution in [2.75, 3.05) is 5.73 Å². The van der Waals surface area contributed by atoms with Gasteiger partial charge in [0, 0.05) is 41.5 Å². The van der Waals surface area contributed by atoms with Crippen molar-refractivity contribution in [3.8, 4) is 33.9 Å². The first-order chi connectivity index (χ1) is 14.8. The lowest BCUT2D eigenvalue weighted by atomic mass is 10.1.